The Balaban J connectivity index is 1.78. The molecule has 1 fully saturated rings. The molecule has 1 aromatic rings. The third-order valence-electron chi connectivity index (χ3n) is 5.33. The summed E-state index contributed by atoms with van der Waals surface area (Å²) < 4.78 is 39.5. The van der Waals surface area contributed by atoms with Crippen molar-refractivity contribution in [2.24, 2.45) is 18.0 Å². The quantitative estimate of drug-likeness (QED) is 0.325. The molecule has 0 radical (unpaired) electrons. The van der Waals surface area contributed by atoms with Crippen LogP contribution >= 0.6 is 11.8 Å². The van der Waals surface area contributed by atoms with E-state index in [-0.39, 0.29) is 0 Å². The van der Waals surface area contributed by atoms with E-state index in [1.807, 2.05) is 30.3 Å². The van der Waals surface area contributed by atoms with E-state index < -0.39 is 12.7 Å². The third kappa shape index (κ3) is 9.11. The first-order valence-electron chi connectivity index (χ1n) is 10.4. The zero-order valence-electron chi connectivity index (χ0n) is 18.1. The largest absolute Gasteiger partial charge is 0.401 e. The Hall–Kier alpha value is -1.49. The zero-order chi connectivity index (χ0) is 22.0. The Morgan fingerprint density at radius 3 is 2.50 bits per heavy atom. The number of alkyl halides is 3. The average molecular weight is 450 g/mol. The number of aromatic nitrogens is 3. The van der Waals surface area contributed by atoms with Crippen LogP contribution in [0.5, 0.6) is 0 Å². The summed E-state index contributed by atoms with van der Waals surface area (Å²) in [5.74, 6) is 3.92. The molecule has 0 unspecified atom stereocenters. The normalized spacial score (nSPS) is 16.8. The molecule has 2 N–H and O–H groups in total. The van der Waals surface area contributed by atoms with Crippen LogP contribution in [0.3, 0.4) is 0 Å². The Labute approximate surface area is 181 Å². The van der Waals surface area contributed by atoms with E-state index >= 15 is 0 Å². The first kappa shape index (κ1) is 24.8. The lowest BCUT2D eigenvalue weighted by molar-refractivity contribution is -0.148. The Bertz CT molecular complexity index is 655. The van der Waals surface area contributed by atoms with Crippen molar-refractivity contribution in [1.82, 2.24) is 30.3 Å². The molecule has 1 saturated heterocycles. The van der Waals surface area contributed by atoms with Crippen LogP contribution in [0, 0.1) is 12.8 Å². The minimum Gasteiger partial charge on any atom is -0.356 e. The van der Waals surface area contributed by atoms with Crippen molar-refractivity contribution in [2.75, 3.05) is 44.7 Å². The van der Waals surface area contributed by atoms with Gasteiger partial charge >= 0.3 is 6.18 Å². The van der Waals surface area contributed by atoms with Crippen molar-refractivity contribution in [3.05, 3.63) is 11.6 Å². The summed E-state index contributed by atoms with van der Waals surface area (Å²) in [6, 6.07) is 0. The first-order valence-corrected chi connectivity index (χ1v) is 11.8. The first-order chi connectivity index (χ1) is 14.3. The molecule has 1 aliphatic heterocycles. The van der Waals surface area contributed by atoms with Gasteiger partial charge in [0.2, 0.25) is 0 Å². The maximum absolute atomic E-state index is 12.5. The minimum absolute atomic E-state index is 0.436. The Kier molecular flexibility index (Phi) is 10.2. The van der Waals surface area contributed by atoms with Gasteiger partial charge in [0, 0.05) is 20.1 Å². The fraction of sp³-hybridized carbons (Fsp3) is 0.842. The molecule has 7 nitrogen and oxygen atoms in total. The molecule has 0 saturated carbocycles. The highest BCUT2D eigenvalue weighted by Gasteiger charge is 2.32. The van der Waals surface area contributed by atoms with Crippen LogP contribution in [0.4, 0.5) is 13.2 Å². The number of hydrogen-bond acceptors (Lipinski definition) is 5. The summed E-state index contributed by atoms with van der Waals surface area (Å²) in [6.07, 6.45) is 1.57. The van der Waals surface area contributed by atoms with E-state index in [0.717, 1.165) is 62.1 Å². The van der Waals surface area contributed by atoms with Gasteiger partial charge < -0.3 is 15.2 Å². The van der Waals surface area contributed by atoms with Crippen molar-refractivity contribution >= 4 is 17.7 Å². The van der Waals surface area contributed by atoms with Gasteiger partial charge in [0.1, 0.15) is 12.4 Å². The highest BCUT2D eigenvalue weighted by Crippen LogP contribution is 2.23. The van der Waals surface area contributed by atoms with E-state index in [2.05, 4.69) is 32.1 Å². The van der Waals surface area contributed by atoms with E-state index in [4.69, 9.17) is 0 Å². The van der Waals surface area contributed by atoms with Crippen molar-refractivity contribution in [3.8, 4) is 0 Å². The molecule has 2 heterocycles. The smallest absolute Gasteiger partial charge is 0.356 e. The van der Waals surface area contributed by atoms with Crippen molar-refractivity contribution in [3.63, 3.8) is 0 Å². The number of likely N-dealkylation sites (tertiary alicyclic amines) is 1. The molecule has 2 rings (SSSR count). The van der Waals surface area contributed by atoms with Gasteiger partial charge in [-0.15, -0.1) is 10.2 Å². The lowest BCUT2D eigenvalue weighted by atomic mass is 9.93. The summed E-state index contributed by atoms with van der Waals surface area (Å²) in [4.78, 5) is 6.14. The number of aliphatic imine (C=N–C) groups is 1. The topological polar surface area (TPSA) is 70.4 Å². The van der Waals surface area contributed by atoms with Crippen molar-refractivity contribution in [2.45, 2.75) is 45.3 Å². The van der Waals surface area contributed by atoms with Gasteiger partial charge in [-0.2, -0.15) is 24.9 Å². The van der Waals surface area contributed by atoms with Gasteiger partial charge in [-0.25, -0.2) is 4.99 Å². The molecule has 0 aliphatic carbocycles. The summed E-state index contributed by atoms with van der Waals surface area (Å²) in [5, 5.41) is 14.9. The molecule has 1 aliphatic rings. The summed E-state index contributed by atoms with van der Waals surface area (Å²) in [7, 11) is 1.92. The molecule has 0 atom stereocenters. The zero-order valence-corrected chi connectivity index (χ0v) is 19.0. The maximum Gasteiger partial charge on any atom is 0.401 e. The molecular weight excluding hydrogens is 415 g/mol. The number of halogens is 3. The monoisotopic (exact) mass is 449 g/mol. The molecular formula is C19H34F3N7S. The number of piperidine rings is 1. The second-order valence-corrected chi connectivity index (χ2v) is 8.70. The van der Waals surface area contributed by atoms with Gasteiger partial charge in [-0.1, -0.05) is 0 Å². The minimum atomic E-state index is -4.11. The molecule has 0 spiro atoms. The van der Waals surface area contributed by atoms with Crippen LogP contribution in [0.25, 0.3) is 0 Å². The summed E-state index contributed by atoms with van der Waals surface area (Å²) >= 11 is 1.81. The van der Waals surface area contributed by atoms with E-state index in [9.17, 15) is 13.2 Å². The van der Waals surface area contributed by atoms with Gasteiger partial charge in [-0.3, -0.25) is 4.90 Å². The molecule has 1 aromatic heterocycles. The fourth-order valence-electron chi connectivity index (χ4n) is 3.42. The van der Waals surface area contributed by atoms with Crippen LogP contribution in [-0.4, -0.2) is 76.5 Å². The highest BCUT2D eigenvalue weighted by molar-refractivity contribution is 7.98. The number of aryl methyl sites for hydroxylation is 1. The van der Waals surface area contributed by atoms with Crippen LogP contribution < -0.4 is 10.6 Å². The fourth-order valence-corrected chi connectivity index (χ4v) is 3.85. The maximum atomic E-state index is 12.5. The third-order valence-corrected chi connectivity index (χ3v) is 6.03. The molecule has 172 valence electrons. The van der Waals surface area contributed by atoms with Gasteiger partial charge in [0.25, 0.3) is 0 Å². The van der Waals surface area contributed by atoms with E-state index in [0.29, 0.717) is 25.6 Å². The van der Waals surface area contributed by atoms with E-state index in [1.165, 1.54) is 4.90 Å². The number of nitrogens with zero attached hydrogens (tertiary/aromatic N) is 5. The molecule has 30 heavy (non-hydrogen) atoms. The van der Waals surface area contributed by atoms with Crippen LogP contribution in [-0.2, 0) is 13.6 Å². The van der Waals surface area contributed by atoms with Crippen molar-refractivity contribution in [1.29, 1.82) is 0 Å². The Morgan fingerprint density at radius 2 is 1.90 bits per heavy atom. The van der Waals surface area contributed by atoms with Crippen LogP contribution in [0.1, 0.15) is 37.3 Å². The Morgan fingerprint density at radius 1 is 1.20 bits per heavy atom. The molecule has 0 aromatic carbocycles. The van der Waals surface area contributed by atoms with Crippen molar-refractivity contribution < 1.29 is 13.2 Å². The molecule has 0 bridgehead atoms. The predicted octanol–water partition coefficient (Wildman–Crippen LogP) is 2.58. The lowest BCUT2D eigenvalue weighted by Crippen LogP contribution is -2.42. The number of thioether (sulfide) groups is 1. The van der Waals surface area contributed by atoms with Gasteiger partial charge in [0.05, 0.1) is 6.54 Å². The molecule has 11 heteroatoms. The summed E-state index contributed by atoms with van der Waals surface area (Å²) in [6.45, 7) is 4.16. The van der Waals surface area contributed by atoms with Gasteiger partial charge in [-0.05, 0) is 63.6 Å². The lowest BCUT2D eigenvalue weighted by Gasteiger charge is -2.32. The summed E-state index contributed by atoms with van der Waals surface area (Å²) in [5.41, 5.74) is 0. The standard InChI is InChI=1S/C19H34F3N7S/c1-15-26-27-17(28(15)2)13-25-18(23-8-4-12-30-3)24-9-5-16-6-10-29(11-7-16)14-19(20,21)22/h16H,4-14H2,1-3H3,(H2,23,24,25). The average Bonchev–Trinajstić information content (AvgIpc) is 3.01. The number of nitrogens with one attached hydrogen (secondary N) is 2. The van der Waals surface area contributed by atoms with E-state index in [1.54, 1.807) is 0 Å². The van der Waals surface area contributed by atoms with Gasteiger partial charge in [0.15, 0.2) is 11.8 Å². The highest BCUT2D eigenvalue weighted by atomic mass is 32.2. The SMILES string of the molecule is CSCCCNC(=NCc1nnc(C)n1C)NCCC1CCN(CC(F)(F)F)CC1. The number of hydrogen-bond donors (Lipinski definition) is 2. The number of rotatable bonds is 10. The number of guanidine groups is 1. The van der Waals surface area contributed by atoms with Crippen LogP contribution in [0.15, 0.2) is 4.99 Å². The van der Waals surface area contributed by atoms with Crippen LogP contribution in [0.2, 0.25) is 0 Å². The second kappa shape index (κ2) is 12.4. The predicted molar refractivity (Wildman–Crippen MR) is 116 cm³/mol. The molecule has 0 amide bonds. The second-order valence-electron chi connectivity index (χ2n) is 7.71.